The number of carbonyl (C=O) groups is 1. The molecule has 0 spiro atoms. The van der Waals surface area contributed by atoms with Gasteiger partial charge in [0.15, 0.2) is 5.69 Å². The topological polar surface area (TPSA) is 55.8 Å². The monoisotopic (exact) mass is 240 g/mol. The Morgan fingerprint density at radius 3 is 2.85 bits per heavy atom. The molecule has 13 heavy (non-hydrogen) atoms. The molecule has 2 rings (SSSR count). The minimum Gasteiger partial charge on any atom is -0.560 e. The molecular weight excluding hydrogens is 234 g/mol. The lowest BCUT2D eigenvalue weighted by Gasteiger charge is -1.89. The van der Waals surface area contributed by atoms with Crippen LogP contribution < -0.4 is 0 Å². The van der Waals surface area contributed by atoms with Gasteiger partial charge >= 0.3 is 5.97 Å². The summed E-state index contributed by atoms with van der Waals surface area (Å²) < 4.78 is 0.950. The molecule has 66 valence electrons. The van der Waals surface area contributed by atoms with E-state index < -0.39 is 5.97 Å². The lowest BCUT2D eigenvalue weighted by Crippen LogP contribution is -1.94. The molecule has 0 aliphatic heterocycles. The second-order valence-electron chi connectivity index (χ2n) is 2.74. The fraction of sp³-hybridized carbons (Fsp3) is 0. The summed E-state index contributed by atoms with van der Waals surface area (Å²) in [4.78, 5) is 13.6. The number of halogens is 1. The molecule has 0 bridgehead atoms. The Balaban J connectivity index is 2.68. The first kappa shape index (κ1) is 8.31. The van der Waals surface area contributed by atoms with Crippen molar-refractivity contribution in [2.24, 2.45) is 0 Å². The van der Waals surface area contributed by atoms with Crippen LogP contribution in [0.5, 0.6) is 0 Å². The van der Waals surface area contributed by atoms with E-state index in [4.69, 9.17) is 5.11 Å². The predicted molar refractivity (Wildman–Crippen MR) is 53.9 cm³/mol. The average Bonchev–Trinajstić information content (AvgIpc) is 2.46. The second-order valence-corrected chi connectivity index (χ2v) is 3.66. The highest BCUT2D eigenvalue weighted by Crippen LogP contribution is 2.20. The maximum atomic E-state index is 10.7. The van der Waals surface area contributed by atoms with E-state index in [1.807, 2.05) is 18.2 Å². The van der Waals surface area contributed by atoms with Crippen LogP contribution in [0, 0.1) is 0 Å². The van der Waals surface area contributed by atoms with Gasteiger partial charge in [0, 0.05) is 20.2 Å². The van der Waals surface area contributed by atoms with E-state index in [1.165, 1.54) is 0 Å². The van der Waals surface area contributed by atoms with E-state index in [-0.39, 0.29) is 0 Å². The van der Waals surface area contributed by atoms with Crippen molar-refractivity contribution >= 4 is 32.8 Å². The number of H-pyrrole nitrogens is 1. The summed E-state index contributed by atoms with van der Waals surface area (Å²) in [6.45, 7) is 0. The maximum Gasteiger partial charge on any atom is 0.565 e. The number of carbonyl (C=O) groups excluding carboxylic acids is 1. The SMILES string of the molecule is O=C([OH2+])c1cc2ccc(Br)cc2[nH]1. The third-order valence-corrected chi connectivity index (χ3v) is 2.32. The van der Waals surface area contributed by atoms with Gasteiger partial charge in [-0.25, -0.2) is 0 Å². The van der Waals surface area contributed by atoms with Crippen molar-refractivity contribution in [3.63, 3.8) is 0 Å². The molecule has 0 aliphatic rings. The fourth-order valence-electron chi connectivity index (χ4n) is 1.22. The standard InChI is InChI=1S/C9H6BrNO2/c10-6-2-1-5-3-8(9(12)13)11-7(5)4-6/h1-4,11H,(H,12,13)/p+1. The van der Waals surface area contributed by atoms with Gasteiger partial charge in [0.2, 0.25) is 0 Å². The van der Waals surface area contributed by atoms with Crippen molar-refractivity contribution in [3.05, 3.63) is 34.4 Å². The Morgan fingerprint density at radius 1 is 1.38 bits per heavy atom. The van der Waals surface area contributed by atoms with Gasteiger partial charge in [-0.15, -0.1) is 0 Å². The minimum atomic E-state index is -0.688. The molecule has 2 aromatic rings. The Kier molecular flexibility index (Phi) is 1.84. The van der Waals surface area contributed by atoms with Gasteiger partial charge in [-0.2, -0.15) is 0 Å². The average molecular weight is 241 g/mol. The molecule has 0 radical (unpaired) electrons. The molecule has 0 aliphatic carbocycles. The van der Waals surface area contributed by atoms with Crippen LogP contribution in [0.3, 0.4) is 0 Å². The predicted octanol–water partition coefficient (Wildman–Crippen LogP) is 1.80. The summed E-state index contributed by atoms with van der Waals surface area (Å²) in [6, 6.07) is 7.34. The van der Waals surface area contributed by atoms with Crippen molar-refractivity contribution in [1.82, 2.24) is 4.98 Å². The van der Waals surface area contributed by atoms with Crippen LogP contribution in [0.15, 0.2) is 28.7 Å². The zero-order valence-corrected chi connectivity index (χ0v) is 8.18. The lowest BCUT2D eigenvalue weighted by atomic mass is 10.2. The van der Waals surface area contributed by atoms with Gasteiger partial charge in [-0.05, 0) is 18.2 Å². The first-order valence-corrected chi connectivity index (χ1v) is 4.50. The number of aromatic amines is 1. The van der Waals surface area contributed by atoms with Crippen LogP contribution in [0.25, 0.3) is 10.9 Å². The summed E-state index contributed by atoms with van der Waals surface area (Å²) in [5.41, 5.74) is 1.19. The largest absolute Gasteiger partial charge is 0.565 e. The Hall–Kier alpha value is -1.29. The third kappa shape index (κ3) is 1.45. The molecule has 0 saturated carbocycles. The van der Waals surface area contributed by atoms with Gasteiger partial charge in [0.25, 0.3) is 0 Å². The lowest BCUT2D eigenvalue weighted by molar-refractivity contribution is 0.0691. The first-order valence-electron chi connectivity index (χ1n) is 3.71. The molecule has 0 atom stereocenters. The van der Waals surface area contributed by atoms with Crippen molar-refractivity contribution in [1.29, 1.82) is 0 Å². The number of rotatable bonds is 1. The fourth-order valence-corrected chi connectivity index (χ4v) is 1.58. The van der Waals surface area contributed by atoms with Crippen LogP contribution in [0.2, 0.25) is 0 Å². The van der Waals surface area contributed by atoms with Gasteiger partial charge in [0.1, 0.15) is 0 Å². The third-order valence-electron chi connectivity index (χ3n) is 1.83. The number of hydrogen-bond donors (Lipinski definition) is 1. The van der Waals surface area contributed by atoms with Gasteiger partial charge in [-0.1, -0.05) is 22.0 Å². The summed E-state index contributed by atoms with van der Waals surface area (Å²) in [5, 5.41) is 7.87. The first-order chi connectivity index (χ1) is 6.16. The van der Waals surface area contributed by atoms with Crippen molar-refractivity contribution in [2.75, 3.05) is 0 Å². The highest BCUT2D eigenvalue weighted by atomic mass is 79.9. The van der Waals surface area contributed by atoms with Crippen LogP contribution in [0.4, 0.5) is 0 Å². The minimum absolute atomic E-state index is 0.327. The summed E-state index contributed by atoms with van der Waals surface area (Å²) in [7, 11) is 0. The maximum absolute atomic E-state index is 10.7. The quantitative estimate of drug-likeness (QED) is 0.760. The van der Waals surface area contributed by atoms with Gasteiger partial charge in [0.05, 0.1) is 0 Å². The zero-order valence-electron chi connectivity index (χ0n) is 6.60. The Labute approximate surface area is 82.5 Å². The summed E-state index contributed by atoms with van der Waals surface area (Å²) in [5.74, 6) is -0.688. The molecule has 0 saturated heterocycles. The van der Waals surface area contributed by atoms with E-state index in [0.29, 0.717) is 5.69 Å². The van der Waals surface area contributed by atoms with Crippen LogP contribution in [-0.2, 0) is 0 Å². The summed E-state index contributed by atoms with van der Waals surface area (Å²) in [6.07, 6.45) is 0. The van der Waals surface area contributed by atoms with Crippen molar-refractivity contribution in [3.8, 4) is 0 Å². The number of benzene rings is 1. The summed E-state index contributed by atoms with van der Waals surface area (Å²) >= 11 is 3.33. The Bertz CT molecular complexity index is 475. The van der Waals surface area contributed by atoms with E-state index in [2.05, 4.69) is 20.9 Å². The number of fused-ring (bicyclic) bond motifs is 1. The second kappa shape index (κ2) is 2.88. The number of aromatic nitrogens is 1. The van der Waals surface area contributed by atoms with Crippen molar-refractivity contribution < 1.29 is 9.90 Å². The highest BCUT2D eigenvalue weighted by Gasteiger charge is 2.13. The van der Waals surface area contributed by atoms with Crippen LogP contribution in [0.1, 0.15) is 10.5 Å². The molecule has 1 heterocycles. The molecule has 3 N–H and O–H groups in total. The van der Waals surface area contributed by atoms with Crippen molar-refractivity contribution in [2.45, 2.75) is 0 Å². The number of nitrogens with one attached hydrogen (secondary N) is 1. The van der Waals surface area contributed by atoms with E-state index in [1.54, 1.807) is 6.07 Å². The van der Waals surface area contributed by atoms with Gasteiger partial charge < -0.3 is 10.1 Å². The normalized spacial score (nSPS) is 10.5. The number of hydrogen-bond acceptors (Lipinski definition) is 1. The zero-order chi connectivity index (χ0) is 9.42. The smallest absolute Gasteiger partial charge is 0.560 e. The molecule has 3 nitrogen and oxygen atoms in total. The van der Waals surface area contributed by atoms with E-state index in [9.17, 15) is 4.79 Å². The molecule has 1 aromatic carbocycles. The van der Waals surface area contributed by atoms with E-state index in [0.717, 1.165) is 15.4 Å². The highest BCUT2D eigenvalue weighted by molar-refractivity contribution is 9.10. The molecule has 0 unspecified atom stereocenters. The molecule has 4 heteroatoms. The molecule has 0 fully saturated rings. The molecular formula is C9H7BrNO2+. The Morgan fingerprint density at radius 2 is 2.15 bits per heavy atom. The molecule has 1 aromatic heterocycles. The van der Waals surface area contributed by atoms with Gasteiger partial charge in [-0.3, -0.25) is 0 Å². The van der Waals surface area contributed by atoms with E-state index >= 15 is 0 Å². The van der Waals surface area contributed by atoms with Crippen LogP contribution >= 0.6 is 15.9 Å². The molecule has 0 amide bonds. The van der Waals surface area contributed by atoms with Crippen LogP contribution in [-0.4, -0.2) is 16.1 Å².